The molecule has 0 aliphatic carbocycles. The highest BCUT2D eigenvalue weighted by Gasteiger charge is 2.37. The molecular formula is C39H64. The molecule has 0 saturated carbocycles. The van der Waals surface area contributed by atoms with E-state index in [1.807, 2.05) is 0 Å². The first-order chi connectivity index (χ1) is 17.1. The predicted molar refractivity (Wildman–Crippen MR) is 177 cm³/mol. The maximum atomic E-state index is 2.60. The Morgan fingerprint density at radius 1 is 0.436 bits per heavy atom. The quantitative estimate of drug-likeness (QED) is 0.369. The molecule has 0 nitrogen and oxygen atoms in total. The SMILES string of the molecule is CCC(c1cc(C(C)(C)C)c(C(C)(C)C)c(C(C)(C)C)c1)c1c(C(C)(C)C)ccc(C(C)(C)C)c1C(C)(C)C. The Bertz CT molecular complexity index is 1120. The third-order valence-corrected chi connectivity index (χ3v) is 8.30. The topological polar surface area (TPSA) is 0 Å². The molecule has 1 atom stereocenters. The van der Waals surface area contributed by atoms with E-state index < -0.39 is 0 Å². The minimum absolute atomic E-state index is 0.0394. The van der Waals surface area contributed by atoms with Gasteiger partial charge in [-0.1, -0.05) is 156 Å². The van der Waals surface area contributed by atoms with Gasteiger partial charge in [0.25, 0.3) is 0 Å². The monoisotopic (exact) mass is 533 g/mol. The Labute approximate surface area is 244 Å². The van der Waals surface area contributed by atoms with Crippen molar-refractivity contribution in [2.24, 2.45) is 0 Å². The summed E-state index contributed by atoms with van der Waals surface area (Å²) in [4.78, 5) is 0. The third kappa shape index (κ3) is 7.21. The van der Waals surface area contributed by atoms with E-state index in [0.717, 1.165) is 6.42 Å². The van der Waals surface area contributed by atoms with Crippen LogP contribution in [0.3, 0.4) is 0 Å². The molecule has 0 fully saturated rings. The number of hydrogen-bond acceptors (Lipinski definition) is 0. The van der Waals surface area contributed by atoms with Gasteiger partial charge >= 0.3 is 0 Å². The summed E-state index contributed by atoms with van der Waals surface area (Å²) in [5, 5.41) is 0. The van der Waals surface area contributed by atoms with Gasteiger partial charge in [-0.2, -0.15) is 0 Å². The summed E-state index contributed by atoms with van der Waals surface area (Å²) in [6, 6.07) is 10.1. The summed E-state index contributed by atoms with van der Waals surface area (Å²) in [6.07, 6.45) is 1.09. The molecule has 0 heteroatoms. The predicted octanol–water partition coefficient (Wildman–Crippen LogP) is 12.0. The molecule has 0 aliphatic heterocycles. The van der Waals surface area contributed by atoms with Crippen molar-refractivity contribution in [3.8, 4) is 0 Å². The van der Waals surface area contributed by atoms with Crippen molar-refractivity contribution < 1.29 is 0 Å². The molecule has 0 amide bonds. The number of rotatable bonds is 3. The van der Waals surface area contributed by atoms with Crippen LogP contribution in [-0.2, 0) is 32.5 Å². The summed E-state index contributed by atoms with van der Waals surface area (Å²) in [6.45, 7) is 45.6. The normalized spacial score (nSPS) is 15.1. The Balaban J connectivity index is 3.25. The molecule has 0 heterocycles. The van der Waals surface area contributed by atoms with E-state index in [9.17, 15) is 0 Å². The van der Waals surface area contributed by atoms with Gasteiger partial charge in [0.1, 0.15) is 0 Å². The molecule has 220 valence electrons. The number of benzene rings is 2. The summed E-state index contributed by atoms with van der Waals surface area (Å²) >= 11 is 0. The fraction of sp³-hybridized carbons (Fsp3) is 0.692. The van der Waals surface area contributed by atoms with Crippen molar-refractivity contribution >= 4 is 0 Å². The molecule has 2 aromatic rings. The van der Waals surface area contributed by atoms with Crippen LogP contribution in [0.1, 0.15) is 188 Å². The van der Waals surface area contributed by atoms with Gasteiger partial charge in [0.05, 0.1) is 0 Å². The largest absolute Gasteiger partial charge is 0.0645 e. The van der Waals surface area contributed by atoms with Crippen LogP contribution in [0, 0.1) is 0 Å². The molecular weight excluding hydrogens is 468 g/mol. The van der Waals surface area contributed by atoms with Gasteiger partial charge in [0.15, 0.2) is 0 Å². The molecule has 0 N–H and O–H groups in total. The zero-order valence-corrected chi connectivity index (χ0v) is 29.6. The Hall–Kier alpha value is -1.56. The van der Waals surface area contributed by atoms with Crippen molar-refractivity contribution in [1.29, 1.82) is 0 Å². The van der Waals surface area contributed by atoms with E-state index in [1.165, 1.54) is 33.4 Å². The lowest BCUT2D eigenvalue weighted by atomic mass is 9.64. The maximum Gasteiger partial charge on any atom is 0.00929 e. The molecule has 0 aromatic heterocycles. The standard InChI is InChI=1S/C39H64/c1-20-26(25-23-29(36(8,9)10)32(38(14,15)16)30(24-25)37(11,12)13)31-27(34(2,3)4)21-22-28(35(5,6)7)33(31)39(17,18)19/h21-24,26H,20H2,1-19H3. The summed E-state index contributed by atoms with van der Waals surface area (Å²) in [5.74, 6) is 0.340. The van der Waals surface area contributed by atoms with Gasteiger partial charge in [0.2, 0.25) is 0 Å². The van der Waals surface area contributed by atoms with E-state index in [-0.39, 0.29) is 32.5 Å². The van der Waals surface area contributed by atoms with Gasteiger partial charge in [0, 0.05) is 5.92 Å². The lowest BCUT2D eigenvalue weighted by Crippen LogP contribution is -2.30. The molecule has 0 saturated heterocycles. The minimum Gasteiger partial charge on any atom is -0.0645 e. The van der Waals surface area contributed by atoms with E-state index in [2.05, 4.69) is 156 Å². The van der Waals surface area contributed by atoms with Crippen molar-refractivity contribution in [1.82, 2.24) is 0 Å². The van der Waals surface area contributed by atoms with Crippen LogP contribution < -0.4 is 0 Å². The third-order valence-electron chi connectivity index (χ3n) is 8.30. The van der Waals surface area contributed by atoms with E-state index in [0.29, 0.717) is 5.92 Å². The maximum absolute atomic E-state index is 2.60. The molecule has 0 radical (unpaired) electrons. The van der Waals surface area contributed by atoms with Crippen LogP contribution in [0.25, 0.3) is 0 Å². The van der Waals surface area contributed by atoms with Crippen LogP contribution in [0.4, 0.5) is 0 Å². The molecule has 0 spiro atoms. The smallest absolute Gasteiger partial charge is 0.00929 e. The Morgan fingerprint density at radius 3 is 1.05 bits per heavy atom. The lowest BCUT2D eigenvalue weighted by Gasteiger charge is -2.40. The van der Waals surface area contributed by atoms with Gasteiger partial charge in [-0.05, 0) is 83.4 Å². The second kappa shape index (κ2) is 10.4. The average molecular weight is 533 g/mol. The van der Waals surface area contributed by atoms with Crippen LogP contribution in [0.5, 0.6) is 0 Å². The fourth-order valence-corrected chi connectivity index (χ4v) is 6.53. The van der Waals surface area contributed by atoms with Crippen molar-refractivity contribution in [3.05, 3.63) is 68.8 Å². The van der Waals surface area contributed by atoms with E-state index in [1.54, 1.807) is 11.1 Å². The van der Waals surface area contributed by atoms with Crippen molar-refractivity contribution in [2.75, 3.05) is 0 Å². The van der Waals surface area contributed by atoms with Crippen LogP contribution in [0.2, 0.25) is 0 Å². The highest BCUT2D eigenvalue weighted by Crippen LogP contribution is 2.49. The van der Waals surface area contributed by atoms with Gasteiger partial charge < -0.3 is 0 Å². The Morgan fingerprint density at radius 2 is 0.769 bits per heavy atom. The molecule has 2 aromatic carbocycles. The zero-order valence-electron chi connectivity index (χ0n) is 29.6. The Kier molecular flexibility index (Phi) is 8.94. The lowest BCUT2D eigenvalue weighted by molar-refractivity contribution is 0.493. The van der Waals surface area contributed by atoms with Gasteiger partial charge in [-0.15, -0.1) is 0 Å². The first kappa shape index (κ1) is 33.6. The molecule has 0 bridgehead atoms. The summed E-state index contributed by atoms with van der Waals surface area (Å²) in [7, 11) is 0. The zero-order chi connectivity index (χ0) is 30.7. The van der Waals surface area contributed by atoms with Gasteiger partial charge in [-0.25, -0.2) is 0 Å². The van der Waals surface area contributed by atoms with Crippen LogP contribution >= 0.6 is 0 Å². The first-order valence-corrected chi connectivity index (χ1v) is 15.5. The van der Waals surface area contributed by atoms with Crippen LogP contribution in [-0.4, -0.2) is 0 Å². The molecule has 39 heavy (non-hydrogen) atoms. The molecule has 1 unspecified atom stereocenters. The second-order valence-electron chi connectivity index (χ2n) is 18.4. The first-order valence-electron chi connectivity index (χ1n) is 15.5. The number of hydrogen-bond donors (Lipinski definition) is 0. The van der Waals surface area contributed by atoms with Crippen LogP contribution in [0.15, 0.2) is 24.3 Å². The highest BCUT2D eigenvalue weighted by molar-refractivity contribution is 5.57. The fourth-order valence-electron chi connectivity index (χ4n) is 6.53. The van der Waals surface area contributed by atoms with E-state index >= 15 is 0 Å². The van der Waals surface area contributed by atoms with Crippen molar-refractivity contribution in [3.63, 3.8) is 0 Å². The highest BCUT2D eigenvalue weighted by atomic mass is 14.4. The summed E-state index contributed by atoms with van der Waals surface area (Å²) < 4.78 is 0. The summed E-state index contributed by atoms with van der Waals surface area (Å²) in [5.41, 5.74) is 12.6. The molecule has 2 rings (SSSR count). The molecule has 0 aliphatic rings. The van der Waals surface area contributed by atoms with Crippen molar-refractivity contribution in [2.45, 2.75) is 176 Å². The average Bonchev–Trinajstić information content (AvgIpc) is 2.69. The minimum atomic E-state index is 0.0394. The van der Waals surface area contributed by atoms with E-state index in [4.69, 9.17) is 0 Å². The van der Waals surface area contributed by atoms with Gasteiger partial charge in [-0.3, -0.25) is 0 Å². The second-order valence-corrected chi connectivity index (χ2v) is 18.4.